The minimum absolute atomic E-state index is 0. The molecule has 0 atom stereocenters. The number of nitrogen functional groups attached to an aromatic ring is 1. The number of esters is 1. The third-order valence-corrected chi connectivity index (χ3v) is 3.00. The molecular formula is C11H18ClN3O2. The Hall–Kier alpha value is -1.23. The van der Waals surface area contributed by atoms with Crippen molar-refractivity contribution < 1.29 is 9.53 Å². The zero-order valence-electron chi connectivity index (χ0n) is 9.89. The molecular weight excluding hydrogens is 242 g/mol. The number of nitrogens with two attached hydrogens (primary N) is 1. The lowest BCUT2D eigenvalue weighted by molar-refractivity contribution is 0.0527. The predicted octanol–water partition coefficient (Wildman–Crippen LogP) is 2.18. The fourth-order valence-corrected chi connectivity index (χ4v) is 2.18. The second kappa shape index (κ2) is 5.91. The van der Waals surface area contributed by atoms with Crippen molar-refractivity contribution in [3.8, 4) is 0 Å². The van der Waals surface area contributed by atoms with Gasteiger partial charge in [-0.2, -0.15) is 5.10 Å². The minimum atomic E-state index is -0.385. The number of carbonyl (C=O) groups excluding carboxylic acids is 1. The molecule has 1 saturated carbocycles. The molecule has 0 radical (unpaired) electrons. The molecule has 0 aromatic carbocycles. The Kier molecular flexibility index (Phi) is 4.81. The maximum Gasteiger partial charge on any atom is 0.343 e. The third-order valence-electron chi connectivity index (χ3n) is 3.00. The molecule has 1 aliphatic rings. The molecule has 1 fully saturated rings. The number of ether oxygens (including phenoxy) is 1. The maximum absolute atomic E-state index is 11.5. The van der Waals surface area contributed by atoms with Crippen LogP contribution in [-0.4, -0.2) is 22.4 Å². The van der Waals surface area contributed by atoms with Gasteiger partial charge in [-0.15, -0.1) is 12.4 Å². The average Bonchev–Trinajstić information content (AvgIpc) is 2.86. The first-order valence-electron chi connectivity index (χ1n) is 5.74. The standard InChI is InChI=1S/C11H17N3O2.ClH/c1-2-16-11(15)9-7-13-14(10(9)12)8-5-3-4-6-8;/h7-8H,2-6,12H2,1H3;1H. The highest BCUT2D eigenvalue weighted by Gasteiger charge is 2.23. The molecule has 5 nitrogen and oxygen atoms in total. The topological polar surface area (TPSA) is 70.1 Å². The quantitative estimate of drug-likeness (QED) is 0.845. The van der Waals surface area contributed by atoms with Crippen LogP contribution >= 0.6 is 12.4 Å². The number of hydrogen-bond donors (Lipinski definition) is 1. The SMILES string of the molecule is CCOC(=O)c1cnn(C2CCCC2)c1N.Cl. The van der Waals surface area contributed by atoms with Crippen LogP contribution in [0.2, 0.25) is 0 Å². The monoisotopic (exact) mass is 259 g/mol. The summed E-state index contributed by atoms with van der Waals surface area (Å²) in [6.45, 7) is 2.13. The molecule has 0 aliphatic heterocycles. The Balaban J connectivity index is 0.00000144. The smallest absolute Gasteiger partial charge is 0.343 e. The molecule has 6 heteroatoms. The maximum atomic E-state index is 11.5. The van der Waals surface area contributed by atoms with E-state index in [2.05, 4.69) is 5.10 Å². The van der Waals surface area contributed by atoms with Crippen molar-refractivity contribution in [1.82, 2.24) is 9.78 Å². The summed E-state index contributed by atoms with van der Waals surface area (Å²) in [6.07, 6.45) is 6.10. The number of hydrogen-bond acceptors (Lipinski definition) is 4. The van der Waals surface area contributed by atoms with E-state index in [1.807, 2.05) is 0 Å². The van der Waals surface area contributed by atoms with E-state index in [-0.39, 0.29) is 18.4 Å². The number of nitrogens with zero attached hydrogens (tertiary/aromatic N) is 2. The summed E-state index contributed by atoms with van der Waals surface area (Å²) < 4.78 is 6.68. The Morgan fingerprint density at radius 2 is 2.24 bits per heavy atom. The molecule has 0 bridgehead atoms. The number of halogens is 1. The Labute approximate surface area is 107 Å². The van der Waals surface area contributed by atoms with E-state index in [4.69, 9.17) is 10.5 Å². The first kappa shape index (κ1) is 13.8. The van der Waals surface area contributed by atoms with Gasteiger partial charge in [-0.1, -0.05) is 12.8 Å². The molecule has 1 aromatic heterocycles. The van der Waals surface area contributed by atoms with Crippen molar-refractivity contribution >= 4 is 24.2 Å². The van der Waals surface area contributed by atoms with Gasteiger partial charge in [0.25, 0.3) is 0 Å². The first-order chi connectivity index (χ1) is 7.74. The van der Waals surface area contributed by atoms with E-state index in [9.17, 15) is 4.79 Å². The number of anilines is 1. The van der Waals surface area contributed by atoms with Gasteiger partial charge in [0.2, 0.25) is 0 Å². The van der Waals surface area contributed by atoms with Gasteiger partial charge in [0.05, 0.1) is 18.8 Å². The summed E-state index contributed by atoms with van der Waals surface area (Å²) in [5.74, 6) is 0.0506. The minimum Gasteiger partial charge on any atom is -0.462 e. The van der Waals surface area contributed by atoms with Gasteiger partial charge in [0, 0.05) is 0 Å². The van der Waals surface area contributed by atoms with Gasteiger partial charge < -0.3 is 10.5 Å². The van der Waals surface area contributed by atoms with E-state index in [0.29, 0.717) is 24.0 Å². The van der Waals surface area contributed by atoms with Gasteiger partial charge in [0.1, 0.15) is 11.4 Å². The van der Waals surface area contributed by atoms with Crippen LogP contribution in [-0.2, 0) is 4.74 Å². The van der Waals surface area contributed by atoms with Crippen LogP contribution in [0.5, 0.6) is 0 Å². The summed E-state index contributed by atoms with van der Waals surface area (Å²) in [6, 6.07) is 0.350. The largest absolute Gasteiger partial charge is 0.462 e. The van der Waals surface area contributed by atoms with E-state index in [1.165, 1.54) is 19.0 Å². The van der Waals surface area contributed by atoms with Crippen LogP contribution in [0.25, 0.3) is 0 Å². The lowest BCUT2D eigenvalue weighted by atomic mass is 10.2. The molecule has 1 heterocycles. The Morgan fingerprint density at radius 3 is 2.82 bits per heavy atom. The zero-order chi connectivity index (χ0) is 11.5. The molecule has 0 saturated heterocycles. The molecule has 2 N–H and O–H groups in total. The zero-order valence-corrected chi connectivity index (χ0v) is 10.7. The summed E-state index contributed by atoms with van der Waals surface area (Å²) in [7, 11) is 0. The van der Waals surface area contributed by atoms with Crippen molar-refractivity contribution in [1.29, 1.82) is 0 Å². The lowest BCUT2D eigenvalue weighted by Gasteiger charge is -2.11. The van der Waals surface area contributed by atoms with Gasteiger partial charge >= 0.3 is 5.97 Å². The predicted molar refractivity (Wildman–Crippen MR) is 67.3 cm³/mol. The van der Waals surface area contributed by atoms with Gasteiger partial charge in [0.15, 0.2) is 0 Å². The van der Waals surface area contributed by atoms with Crippen molar-refractivity contribution in [3.05, 3.63) is 11.8 Å². The van der Waals surface area contributed by atoms with Crippen LogP contribution in [0.4, 0.5) is 5.82 Å². The lowest BCUT2D eigenvalue weighted by Crippen LogP contribution is -2.12. The molecule has 1 aliphatic carbocycles. The van der Waals surface area contributed by atoms with Crippen molar-refractivity contribution in [2.45, 2.75) is 38.6 Å². The molecule has 0 unspecified atom stereocenters. The van der Waals surface area contributed by atoms with E-state index < -0.39 is 0 Å². The molecule has 17 heavy (non-hydrogen) atoms. The van der Waals surface area contributed by atoms with Gasteiger partial charge in [-0.25, -0.2) is 9.48 Å². The normalized spacial score (nSPS) is 15.6. The molecule has 0 amide bonds. The molecule has 0 spiro atoms. The Bertz CT molecular complexity index is 386. The number of aromatic nitrogens is 2. The van der Waals surface area contributed by atoms with Crippen LogP contribution in [0.1, 0.15) is 49.0 Å². The molecule has 2 rings (SSSR count). The van der Waals surface area contributed by atoms with Gasteiger partial charge in [-0.05, 0) is 19.8 Å². The fraction of sp³-hybridized carbons (Fsp3) is 0.636. The fourth-order valence-electron chi connectivity index (χ4n) is 2.18. The second-order valence-corrected chi connectivity index (χ2v) is 4.05. The third kappa shape index (κ3) is 2.72. The van der Waals surface area contributed by atoms with Crippen LogP contribution < -0.4 is 5.73 Å². The summed E-state index contributed by atoms with van der Waals surface area (Å²) in [5.41, 5.74) is 6.30. The van der Waals surface area contributed by atoms with Crippen molar-refractivity contribution in [2.75, 3.05) is 12.3 Å². The Morgan fingerprint density at radius 1 is 1.59 bits per heavy atom. The highest BCUT2D eigenvalue weighted by atomic mass is 35.5. The number of carbonyl (C=O) groups is 1. The van der Waals surface area contributed by atoms with E-state index in [0.717, 1.165) is 12.8 Å². The van der Waals surface area contributed by atoms with Crippen LogP contribution in [0, 0.1) is 0 Å². The first-order valence-corrected chi connectivity index (χ1v) is 5.74. The summed E-state index contributed by atoms with van der Waals surface area (Å²) in [5, 5.41) is 4.19. The second-order valence-electron chi connectivity index (χ2n) is 4.05. The van der Waals surface area contributed by atoms with Crippen LogP contribution in [0.15, 0.2) is 6.20 Å². The van der Waals surface area contributed by atoms with Gasteiger partial charge in [-0.3, -0.25) is 0 Å². The van der Waals surface area contributed by atoms with Crippen LogP contribution in [0.3, 0.4) is 0 Å². The van der Waals surface area contributed by atoms with E-state index in [1.54, 1.807) is 11.6 Å². The summed E-state index contributed by atoms with van der Waals surface area (Å²) in [4.78, 5) is 11.5. The van der Waals surface area contributed by atoms with Crippen molar-refractivity contribution in [2.24, 2.45) is 0 Å². The van der Waals surface area contributed by atoms with Crippen molar-refractivity contribution in [3.63, 3.8) is 0 Å². The number of rotatable bonds is 3. The molecule has 1 aromatic rings. The highest BCUT2D eigenvalue weighted by molar-refractivity contribution is 5.94. The van der Waals surface area contributed by atoms with E-state index >= 15 is 0 Å². The molecule has 96 valence electrons. The average molecular weight is 260 g/mol. The summed E-state index contributed by atoms with van der Waals surface area (Å²) >= 11 is 0. The highest BCUT2D eigenvalue weighted by Crippen LogP contribution is 2.31.